The van der Waals surface area contributed by atoms with Crippen LogP contribution in [0.25, 0.3) is 10.2 Å². The molecule has 4 heterocycles. The van der Waals surface area contributed by atoms with Gasteiger partial charge in [-0.25, -0.2) is 19.9 Å². The van der Waals surface area contributed by atoms with Gasteiger partial charge in [0.15, 0.2) is 0 Å². The Morgan fingerprint density at radius 2 is 2.00 bits per heavy atom. The van der Waals surface area contributed by atoms with Crippen molar-refractivity contribution in [3.05, 3.63) is 35.4 Å². The van der Waals surface area contributed by atoms with Gasteiger partial charge >= 0.3 is 0 Å². The van der Waals surface area contributed by atoms with Gasteiger partial charge in [-0.1, -0.05) is 13.8 Å². The van der Waals surface area contributed by atoms with Gasteiger partial charge in [0.2, 0.25) is 0 Å². The van der Waals surface area contributed by atoms with E-state index in [1.807, 2.05) is 0 Å². The number of aryl methyl sites for hydroxylation is 2. The van der Waals surface area contributed by atoms with Crippen LogP contribution in [0.4, 0.5) is 11.6 Å². The average molecular weight is 369 g/mol. The van der Waals surface area contributed by atoms with Crippen molar-refractivity contribution in [3.8, 4) is 0 Å². The molecule has 0 spiro atoms. The predicted molar refractivity (Wildman–Crippen MR) is 107 cm³/mol. The zero-order valence-corrected chi connectivity index (χ0v) is 16.1. The van der Waals surface area contributed by atoms with E-state index in [9.17, 15) is 0 Å². The number of piperidine rings is 1. The quantitative estimate of drug-likeness (QED) is 0.741. The molecule has 0 aromatic carbocycles. The van der Waals surface area contributed by atoms with Crippen molar-refractivity contribution in [2.24, 2.45) is 0 Å². The molecule has 6 nitrogen and oxygen atoms in total. The van der Waals surface area contributed by atoms with Crippen molar-refractivity contribution in [1.29, 1.82) is 0 Å². The van der Waals surface area contributed by atoms with Crippen LogP contribution in [0.1, 0.15) is 38.2 Å². The number of fused-ring (bicyclic) bond motifs is 1. The lowest BCUT2D eigenvalue weighted by Gasteiger charge is -2.33. The van der Waals surface area contributed by atoms with Gasteiger partial charge in [-0.05, 0) is 30.7 Å². The fraction of sp³-hybridized carbons (Fsp3) is 0.474. The summed E-state index contributed by atoms with van der Waals surface area (Å²) in [4.78, 5) is 21.5. The van der Waals surface area contributed by atoms with E-state index >= 15 is 0 Å². The van der Waals surface area contributed by atoms with Crippen LogP contribution in [0.5, 0.6) is 0 Å². The van der Waals surface area contributed by atoms with Gasteiger partial charge in [-0.3, -0.25) is 0 Å². The van der Waals surface area contributed by atoms with Crippen LogP contribution in [-0.2, 0) is 12.8 Å². The maximum absolute atomic E-state index is 4.74. The molecule has 0 radical (unpaired) electrons. The molecule has 0 unspecified atom stereocenters. The SMILES string of the molecule is CCc1cc(N2CCC(Nc3nc(CC)nc4sccc34)CC2)ncn1. The van der Waals surface area contributed by atoms with Crippen LogP contribution in [-0.4, -0.2) is 39.1 Å². The summed E-state index contributed by atoms with van der Waals surface area (Å²) in [5.74, 6) is 2.95. The lowest BCUT2D eigenvalue weighted by molar-refractivity contribution is 0.522. The van der Waals surface area contributed by atoms with E-state index in [-0.39, 0.29) is 0 Å². The summed E-state index contributed by atoms with van der Waals surface area (Å²) < 4.78 is 0. The lowest BCUT2D eigenvalue weighted by Crippen LogP contribution is -2.39. The van der Waals surface area contributed by atoms with Gasteiger partial charge in [0.05, 0.1) is 5.39 Å². The molecule has 0 saturated carbocycles. The first-order valence-corrected chi connectivity index (χ1v) is 10.2. The molecular formula is C19H24N6S. The fourth-order valence-corrected chi connectivity index (χ4v) is 4.15. The van der Waals surface area contributed by atoms with Crippen LogP contribution >= 0.6 is 11.3 Å². The Balaban J connectivity index is 1.45. The van der Waals surface area contributed by atoms with Crippen molar-refractivity contribution in [2.75, 3.05) is 23.3 Å². The molecule has 1 fully saturated rings. The summed E-state index contributed by atoms with van der Waals surface area (Å²) in [6, 6.07) is 4.66. The number of nitrogens with one attached hydrogen (secondary N) is 1. The number of anilines is 2. The third-order valence-corrected chi connectivity index (χ3v) is 5.73. The second-order valence-electron chi connectivity index (χ2n) is 6.61. The first kappa shape index (κ1) is 17.1. The first-order valence-electron chi connectivity index (χ1n) is 9.33. The second kappa shape index (κ2) is 7.53. The van der Waals surface area contributed by atoms with Gasteiger partial charge in [0.25, 0.3) is 0 Å². The molecule has 0 aliphatic carbocycles. The van der Waals surface area contributed by atoms with E-state index in [2.05, 4.69) is 56.5 Å². The molecule has 1 aliphatic heterocycles. The van der Waals surface area contributed by atoms with E-state index in [1.54, 1.807) is 17.7 Å². The van der Waals surface area contributed by atoms with E-state index < -0.39 is 0 Å². The number of thiophene rings is 1. The maximum atomic E-state index is 4.74. The van der Waals surface area contributed by atoms with Crippen LogP contribution in [0, 0.1) is 0 Å². The molecular weight excluding hydrogens is 344 g/mol. The number of rotatable bonds is 5. The standard InChI is InChI=1S/C19H24N6S/c1-3-13-11-17(21-12-20-13)25-8-5-14(6-9-25)22-18-15-7-10-26-19(15)24-16(4-2)23-18/h7,10-12,14H,3-6,8-9H2,1-2H3,(H,22,23,24). The summed E-state index contributed by atoms with van der Waals surface area (Å²) >= 11 is 1.68. The van der Waals surface area contributed by atoms with Gasteiger partial charge < -0.3 is 10.2 Å². The maximum Gasteiger partial charge on any atom is 0.138 e. The largest absolute Gasteiger partial charge is 0.367 e. The molecule has 4 rings (SSSR count). The predicted octanol–water partition coefficient (Wildman–Crippen LogP) is 3.69. The third kappa shape index (κ3) is 3.49. The molecule has 1 N–H and O–H groups in total. The third-order valence-electron chi connectivity index (χ3n) is 4.92. The molecule has 1 aliphatic rings. The first-order chi connectivity index (χ1) is 12.8. The molecule has 3 aromatic rings. The lowest BCUT2D eigenvalue weighted by atomic mass is 10.0. The van der Waals surface area contributed by atoms with Crippen LogP contribution < -0.4 is 10.2 Å². The van der Waals surface area contributed by atoms with Gasteiger partial charge in [0, 0.05) is 37.3 Å². The van der Waals surface area contributed by atoms with E-state index in [4.69, 9.17) is 4.98 Å². The Labute approximate surface area is 157 Å². The highest BCUT2D eigenvalue weighted by Gasteiger charge is 2.21. The monoisotopic (exact) mass is 368 g/mol. The fourth-order valence-electron chi connectivity index (χ4n) is 3.37. The molecule has 0 atom stereocenters. The summed E-state index contributed by atoms with van der Waals surface area (Å²) in [7, 11) is 0. The Morgan fingerprint density at radius 1 is 1.15 bits per heavy atom. The summed E-state index contributed by atoms with van der Waals surface area (Å²) in [5, 5.41) is 6.90. The van der Waals surface area contributed by atoms with Gasteiger partial charge in [-0.15, -0.1) is 11.3 Å². The highest BCUT2D eigenvalue weighted by molar-refractivity contribution is 7.16. The van der Waals surface area contributed by atoms with Crippen molar-refractivity contribution in [3.63, 3.8) is 0 Å². The number of hydrogen-bond donors (Lipinski definition) is 1. The number of nitrogens with zero attached hydrogens (tertiary/aromatic N) is 5. The highest BCUT2D eigenvalue weighted by Crippen LogP contribution is 2.27. The molecule has 0 bridgehead atoms. The smallest absolute Gasteiger partial charge is 0.138 e. The highest BCUT2D eigenvalue weighted by atomic mass is 32.1. The van der Waals surface area contributed by atoms with Gasteiger partial charge in [0.1, 0.15) is 28.6 Å². The van der Waals surface area contributed by atoms with Crippen LogP contribution in [0.15, 0.2) is 23.8 Å². The summed E-state index contributed by atoms with van der Waals surface area (Å²) in [5.41, 5.74) is 1.10. The van der Waals surface area contributed by atoms with Crippen molar-refractivity contribution < 1.29 is 0 Å². The topological polar surface area (TPSA) is 66.8 Å². The zero-order chi connectivity index (χ0) is 17.9. The normalized spacial score (nSPS) is 15.5. The average Bonchev–Trinajstić information content (AvgIpc) is 3.17. The number of aromatic nitrogens is 4. The Kier molecular flexibility index (Phi) is 4.97. The number of hydrogen-bond acceptors (Lipinski definition) is 7. The Morgan fingerprint density at radius 3 is 2.77 bits per heavy atom. The Bertz CT molecular complexity index is 885. The molecule has 26 heavy (non-hydrogen) atoms. The van der Waals surface area contributed by atoms with Crippen LogP contribution in [0.3, 0.4) is 0 Å². The molecule has 1 saturated heterocycles. The van der Waals surface area contributed by atoms with E-state index in [0.717, 1.165) is 72.1 Å². The van der Waals surface area contributed by atoms with E-state index in [1.165, 1.54) is 0 Å². The van der Waals surface area contributed by atoms with Crippen molar-refractivity contribution in [2.45, 2.75) is 45.6 Å². The van der Waals surface area contributed by atoms with Crippen molar-refractivity contribution in [1.82, 2.24) is 19.9 Å². The minimum Gasteiger partial charge on any atom is -0.367 e. The molecule has 3 aromatic heterocycles. The van der Waals surface area contributed by atoms with Crippen LogP contribution in [0.2, 0.25) is 0 Å². The summed E-state index contributed by atoms with van der Waals surface area (Å²) in [6.07, 6.45) is 5.62. The minimum absolute atomic E-state index is 0.432. The zero-order valence-electron chi connectivity index (χ0n) is 15.3. The van der Waals surface area contributed by atoms with Crippen molar-refractivity contribution >= 4 is 33.2 Å². The summed E-state index contributed by atoms with van der Waals surface area (Å²) in [6.45, 7) is 6.22. The molecule has 7 heteroatoms. The van der Waals surface area contributed by atoms with Gasteiger partial charge in [-0.2, -0.15) is 0 Å². The second-order valence-corrected chi connectivity index (χ2v) is 7.50. The molecule has 136 valence electrons. The Hall–Kier alpha value is -2.28. The minimum atomic E-state index is 0.432. The molecule has 0 amide bonds. The van der Waals surface area contributed by atoms with E-state index in [0.29, 0.717) is 6.04 Å².